The first-order chi connectivity index (χ1) is 6.34. The zero-order valence-electron chi connectivity index (χ0n) is 8.91. The van der Waals surface area contributed by atoms with Gasteiger partial charge in [0.2, 0.25) is 0 Å². The van der Waals surface area contributed by atoms with E-state index in [4.69, 9.17) is 0 Å². The molecule has 84 valence electrons. The van der Waals surface area contributed by atoms with Crippen molar-refractivity contribution in [1.82, 2.24) is 5.32 Å². The molecule has 0 amide bonds. The summed E-state index contributed by atoms with van der Waals surface area (Å²) in [5.74, 6) is 0.530. The van der Waals surface area contributed by atoms with E-state index in [0.29, 0.717) is 18.9 Å². The fraction of sp³-hybridized carbons (Fsp3) is 0.800. The molecule has 0 bridgehead atoms. The van der Waals surface area contributed by atoms with E-state index < -0.39 is 11.7 Å². The van der Waals surface area contributed by atoms with E-state index in [0.717, 1.165) is 13.5 Å². The SMILES string of the molecule is CC(=CCCNCC(C)C)C(F)(F)F. The first kappa shape index (κ1) is 13.5. The maximum Gasteiger partial charge on any atom is 0.412 e. The molecule has 0 saturated carbocycles. The molecule has 4 heteroatoms. The average Bonchev–Trinajstić information content (AvgIpc) is 2.01. The Hall–Kier alpha value is -0.510. The van der Waals surface area contributed by atoms with Crippen LogP contribution in [-0.2, 0) is 0 Å². The summed E-state index contributed by atoms with van der Waals surface area (Å²) in [7, 11) is 0. The zero-order valence-corrected chi connectivity index (χ0v) is 8.91. The van der Waals surface area contributed by atoms with Crippen molar-refractivity contribution in [1.29, 1.82) is 0 Å². The second-order valence-corrected chi connectivity index (χ2v) is 3.77. The van der Waals surface area contributed by atoms with Crippen molar-refractivity contribution in [2.24, 2.45) is 5.92 Å². The van der Waals surface area contributed by atoms with Gasteiger partial charge in [-0.25, -0.2) is 0 Å². The quantitative estimate of drug-likeness (QED) is 0.542. The van der Waals surface area contributed by atoms with Crippen LogP contribution in [0.2, 0.25) is 0 Å². The summed E-state index contributed by atoms with van der Waals surface area (Å²) < 4.78 is 36.0. The third kappa shape index (κ3) is 6.95. The molecule has 14 heavy (non-hydrogen) atoms. The van der Waals surface area contributed by atoms with Gasteiger partial charge in [0.1, 0.15) is 0 Å². The molecule has 0 radical (unpaired) electrons. The Balaban J connectivity index is 3.62. The number of halogens is 3. The van der Waals surface area contributed by atoms with Crippen LogP contribution in [0.5, 0.6) is 0 Å². The molecule has 0 rings (SSSR count). The maximum absolute atomic E-state index is 12.0. The third-order valence-corrected chi connectivity index (χ3v) is 1.77. The maximum atomic E-state index is 12.0. The highest BCUT2D eigenvalue weighted by Gasteiger charge is 2.29. The van der Waals surface area contributed by atoms with Gasteiger partial charge >= 0.3 is 6.18 Å². The van der Waals surface area contributed by atoms with Gasteiger partial charge in [-0.2, -0.15) is 13.2 Å². The Labute approximate surface area is 83.4 Å². The van der Waals surface area contributed by atoms with Crippen LogP contribution < -0.4 is 5.32 Å². The molecule has 1 N–H and O–H groups in total. The molecule has 0 fully saturated rings. The van der Waals surface area contributed by atoms with Crippen LogP contribution in [-0.4, -0.2) is 19.3 Å². The molecular weight excluding hydrogens is 191 g/mol. The minimum Gasteiger partial charge on any atom is -0.316 e. The molecule has 0 aliphatic heterocycles. The molecule has 0 unspecified atom stereocenters. The Morgan fingerprint density at radius 3 is 2.36 bits per heavy atom. The Morgan fingerprint density at radius 1 is 1.36 bits per heavy atom. The topological polar surface area (TPSA) is 12.0 Å². The van der Waals surface area contributed by atoms with E-state index in [2.05, 4.69) is 19.2 Å². The van der Waals surface area contributed by atoms with Crippen molar-refractivity contribution >= 4 is 0 Å². The van der Waals surface area contributed by atoms with E-state index in [1.807, 2.05) is 0 Å². The molecule has 0 spiro atoms. The second kappa shape index (κ2) is 6.06. The summed E-state index contributed by atoms with van der Waals surface area (Å²) in [6.45, 7) is 6.67. The normalized spacial score (nSPS) is 13.8. The predicted molar refractivity (Wildman–Crippen MR) is 52.1 cm³/mol. The molecule has 0 saturated heterocycles. The van der Waals surface area contributed by atoms with Gasteiger partial charge in [-0.3, -0.25) is 0 Å². The summed E-state index contributed by atoms with van der Waals surface area (Å²) in [4.78, 5) is 0. The van der Waals surface area contributed by atoms with Gasteiger partial charge in [0.25, 0.3) is 0 Å². The molecular formula is C10H18F3N. The van der Waals surface area contributed by atoms with Gasteiger partial charge in [0.15, 0.2) is 0 Å². The molecule has 0 heterocycles. The first-order valence-corrected chi connectivity index (χ1v) is 4.78. The standard InChI is InChI=1S/C10H18F3N/c1-8(2)7-14-6-4-5-9(3)10(11,12)13/h5,8,14H,4,6-7H2,1-3H3. The van der Waals surface area contributed by atoms with Crippen molar-refractivity contribution in [2.75, 3.05) is 13.1 Å². The van der Waals surface area contributed by atoms with Crippen molar-refractivity contribution in [3.63, 3.8) is 0 Å². The molecule has 0 aromatic heterocycles. The zero-order chi connectivity index (χ0) is 11.2. The van der Waals surface area contributed by atoms with Crippen molar-refractivity contribution < 1.29 is 13.2 Å². The molecule has 0 aliphatic rings. The Morgan fingerprint density at radius 2 is 1.93 bits per heavy atom. The van der Waals surface area contributed by atoms with Gasteiger partial charge in [-0.1, -0.05) is 19.9 Å². The van der Waals surface area contributed by atoms with E-state index in [-0.39, 0.29) is 0 Å². The molecule has 0 aliphatic carbocycles. The van der Waals surface area contributed by atoms with Gasteiger partial charge in [0, 0.05) is 5.57 Å². The van der Waals surface area contributed by atoms with Crippen molar-refractivity contribution in [3.05, 3.63) is 11.6 Å². The van der Waals surface area contributed by atoms with Gasteiger partial charge < -0.3 is 5.32 Å². The molecule has 0 atom stereocenters. The number of alkyl halides is 3. The van der Waals surface area contributed by atoms with Crippen molar-refractivity contribution in [3.8, 4) is 0 Å². The summed E-state index contributed by atoms with van der Waals surface area (Å²) in [5, 5.41) is 3.08. The largest absolute Gasteiger partial charge is 0.412 e. The number of nitrogens with one attached hydrogen (secondary N) is 1. The lowest BCUT2D eigenvalue weighted by molar-refractivity contribution is -0.0915. The molecule has 0 aromatic rings. The minimum atomic E-state index is -4.17. The Kier molecular flexibility index (Phi) is 5.84. The highest BCUT2D eigenvalue weighted by Crippen LogP contribution is 2.24. The van der Waals surface area contributed by atoms with Gasteiger partial charge in [0.05, 0.1) is 0 Å². The lowest BCUT2D eigenvalue weighted by Gasteiger charge is -2.07. The van der Waals surface area contributed by atoms with Gasteiger partial charge in [-0.15, -0.1) is 0 Å². The van der Waals surface area contributed by atoms with Crippen LogP contribution in [0.25, 0.3) is 0 Å². The van der Waals surface area contributed by atoms with E-state index in [1.54, 1.807) is 0 Å². The van der Waals surface area contributed by atoms with E-state index in [1.165, 1.54) is 6.08 Å². The first-order valence-electron chi connectivity index (χ1n) is 4.78. The number of hydrogen-bond acceptors (Lipinski definition) is 1. The fourth-order valence-electron chi connectivity index (χ4n) is 0.897. The monoisotopic (exact) mass is 209 g/mol. The predicted octanol–water partition coefficient (Wildman–Crippen LogP) is 3.13. The molecule has 0 aromatic carbocycles. The third-order valence-electron chi connectivity index (χ3n) is 1.77. The van der Waals surface area contributed by atoms with Crippen LogP contribution in [0, 0.1) is 5.92 Å². The van der Waals surface area contributed by atoms with Crippen LogP contribution >= 0.6 is 0 Å². The number of rotatable bonds is 5. The average molecular weight is 209 g/mol. The molecule has 1 nitrogen and oxygen atoms in total. The van der Waals surface area contributed by atoms with Crippen LogP contribution in [0.3, 0.4) is 0 Å². The van der Waals surface area contributed by atoms with Gasteiger partial charge in [-0.05, 0) is 32.4 Å². The lowest BCUT2D eigenvalue weighted by Crippen LogP contribution is -2.20. The minimum absolute atomic E-state index is 0.429. The van der Waals surface area contributed by atoms with E-state index >= 15 is 0 Å². The second-order valence-electron chi connectivity index (χ2n) is 3.77. The van der Waals surface area contributed by atoms with Crippen LogP contribution in [0.4, 0.5) is 13.2 Å². The highest BCUT2D eigenvalue weighted by atomic mass is 19.4. The number of allylic oxidation sites excluding steroid dienone is 1. The highest BCUT2D eigenvalue weighted by molar-refractivity contribution is 5.04. The summed E-state index contributed by atoms with van der Waals surface area (Å²) in [6, 6.07) is 0. The summed E-state index contributed by atoms with van der Waals surface area (Å²) >= 11 is 0. The summed E-state index contributed by atoms with van der Waals surface area (Å²) in [6.07, 6.45) is -2.51. The smallest absolute Gasteiger partial charge is 0.316 e. The number of hydrogen-bond donors (Lipinski definition) is 1. The van der Waals surface area contributed by atoms with E-state index in [9.17, 15) is 13.2 Å². The van der Waals surface area contributed by atoms with Crippen LogP contribution in [0.1, 0.15) is 27.2 Å². The Bertz CT molecular complexity index is 182. The lowest BCUT2D eigenvalue weighted by atomic mass is 10.2. The summed E-state index contributed by atoms with van der Waals surface area (Å²) in [5.41, 5.74) is -0.510. The van der Waals surface area contributed by atoms with Crippen LogP contribution in [0.15, 0.2) is 11.6 Å². The van der Waals surface area contributed by atoms with Crippen molar-refractivity contribution in [2.45, 2.75) is 33.4 Å². The fourth-order valence-corrected chi connectivity index (χ4v) is 0.897.